The van der Waals surface area contributed by atoms with E-state index in [0.29, 0.717) is 6.04 Å². The van der Waals surface area contributed by atoms with Gasteiger partial charge in [0.2, 0.25) is 0 Å². The fraction of sp³-hybridized carbons (Fsp3) is 0.500. The van der Waals surface area contributed by atoms with Gasteiger partial charge in [0.1, 0.15) is 0 Å². The minimum absolute atomic E-state index is 0.600. The van der Waals surface area contributed by atoms with Crippen LogP contribution in [0, 0.1) is 5.92 Å². The second-order valence-electron chi connectivity index (χ2n) is 4.49. The molecule has 2 atom stereocenters. The Kier molecular flexibility index (Phi) is 3.19. The van der Waals surface area contributed by atoms with Gasteiger partial charge in [-0.2, -0.15) is 0 Å². The lowest BCUT2D eigenvalue weighted by molar-refractivity contribution is 0.603. The molecule has 1 aliphatic rings. The topological polar surface area (TPSA) is 38.0 Å². The summed E-state index contributed by atoms with van der Waals surface area (Å²) in [5.74, 6) is 0.846. The fourth-order valence-corrected chi connectivity index (χ4v) is 2.60. The Morgan fingerprint density at radius 2 is 2.20 bits per heavy atom. The largest absolute Gasteiger partial charge is 0.397 e. The van der Waals surface area contributed by atoms with Gasteiger partial charge >= 0.3 is 0 Å². The van der Waals surface area contributed by atoms with Gasteiger partial charge in [-0.25, -0.2) is 0 Å². The highest BCUT2D eigenvalue weighted by Gasteiger charge is 2.21. The molecule has 15 heavy (non-hydrogen) atoms. The van der Waals surface area contributed by atoms with Crippen molar-refractivity contribution in [1.82, 2.24) is 0 Å². The van der Waals surface area contributed by atoms with Gasteiger partial charge in [0.25, 0.3) is 0 Å². The predicted molar refractivity (Wildman–Crippen MR) is 69.0 cm³/mol. The van der Waals surface area contributed by atoms with E-state index < -0.39 is 0 Å². The molecule has 0 radical (unpaired) electrons. The van der Waals surface area contributed by atoms with Crippen LogP contribution >= 0.6 is 15.9 Å². The standard InChI is InChI=1S/C12H17BrN2/c1-8-2-4-10(6-8)15-12-5-3-9(13)7-11(12)14/h3,5,7-8,10,15H,2,4,6,14H2,1H3. The number of anilines is 2. The molecule has 1 saturated carbocycles. The van der Waals surface area contributed by atoms with Crippen molar-refractivity contribution in [2.24, 2.45) is 5.92 Å². The summed E-state index contributed by atoms with van der Waals surface area (Å²) in [4.78, 5) is 0. The number of halogens is 1. The van der Waals surface area contributed by atoms with Crippen LogP contribution in [0.2, 0.25) is 0 Å². The molecule has 1 aromatic carbocycles. The second-order valence-corrected chi connectivity index (χ2v) is 5.41. The maximum atomic E-state index is 5.94. The number of nitrogens with two attached hydrogens (primary N) is 1. The van der Waals surface area contributed by atoms with Crippen molar-refractivity contribution in [1.29, 1.82) is 0 Å². The van der Waals surface area contributed by atoms with Crippen molar-refractivity contribution in [2.75, 3.05) is 11.1 Å². The maximum Gasteiger partial charge on any atom is 0.0576 e. The zero-order valence-corrected chi connectivity index (χ0v) is 10.5. The number of nitrogen functional groups attached to an aromatic ring is 1. The summed E-state index contributed by atoms with van der Waals surface area (Å²) in [6.07, 6.45) is 3.85. The lowest BCUT2D eigenvalue weighted by Gasteiger charge is -2.15. The van der Waals surface area contributed by atoms with Crippen LogP contribution in [0.4, 0.5) is 11.4 Å². The quantitative estimate of drug-likeness (QED) is 0.804. The van der Waals surface area contributed by atoms with Crippen LogP contribution in [0.5, 0.6) is 0 Å². The first-order chi connectivity index (χ1) is 7.15. The Bertz CT molecular complexity index is 351. The van der Waals surface area contributed by atoms with Crippen molar-refractivity contribution in [3.05, 3.63) is 22.7 Å². The third kappa shape index (κ3) is 2.65. The molecule has 2 nitrogen and oxygen atoms in total. The van der Waals surface area contributed by atoms with Crippen LogP contribution in [-0.4, -0.2) is 6.04 Å². The molecular weight excluding hydrogens is 252 g/mol. The van der Waals surface area contributed by atoms with Crippen LogP contribution in [0.25, 0.3) is 0 Å². The van der Waals surface area contributed by atoms with E-state index in [2.05, 4.69) is 28.2 Å². The molecule has 0 heterocycles. The van der Waals surface area contributed by atoms with Gasteiger partial charge < -0.3 is 11.1 Å². The molecule has 3 heteroatoms. The first kappa shape index (κ1) is 10.8. The van der Waals surface area contributed by atoms with Crippen molar-refractivity contribution in [3.8, 4) is 0 Å². The van der Waals surface area contributed by atoms with Gasteiger partial charge in [-0.1, -0.05) is 22.9 Å². The lowest BCUT2D eigenvalue weighted by Crippen LogP contribution is -2.16. The number of benzene rings is 1. The predicted octanol–water partition coefficient (Wildman–Crippen LogP) is 3.63. The molecule has 0 amide bonds. The average Bonchev–Trinajstić information content (AvgIpc) is 2.56. The van der Waals surface area contributed by atoms with Crippen LogP contribution in [-0.2, 0) is 0 Å². The fourth-order valence-electron chi connectivity index (χ4n) is 2.22. The van der Waals surface area contributed by atoms with Gasteiger partial charge in [0, 0.05) is 10.5 Å². The van der Waals surface area contributed by atoms with Crippen molar-refractivity contribution in [2.45, 2.75) is 32.2 Å². The monoisotopic (exact) mass is 268 g/mol. The molecular formula is C12H17BrN2. The van der Waals surface area contributed by atoms with Gasteiger partial charge in [0.05, 0.1) is 11.4 Å². The molecule has 82 valence electrons. The lowest BCUT2D eigenvalue weighted by atomic mass is 10.1. The summed E-state index contributed by atoms with van der Waals surface area (Å²) in [6.45, 7) is 2.31. The third-order valence-corrected chi connectivity index (χ3v) is 3.56. The Morgan fingerprint density at radius 1 is 1.40 bits per heavy atom. The molecule has 2 rings (SSSR count). The van der Waals surface area contributed by atoms with Gasteiger partial charge in [0.15, 0.2) is 0 Å². The summed E-state index contributed by atoms with van der Waals surface area (Å²) in [5, 5.41) is 3.52. The molecule has 1 aromatic rings. The minimum Gasteiger partial charge on any atom is -0.397 e. The summed E-state index contributed by atoms with van der Waals surface area (Å²) < 4.78 is 1.03. The molecule has 1 aliphatic carbocycles. The molecule has 0 bridgehead atoms. The van der Waals surface area contributed by atoms with E-state index in [0.717, 1.165) is 21.8 Å². The highest BCUT2D eigenvalue weighted by molar-refractivity contribution is 9.10. The van der Waals surface area contributed by atoms with Gasteiger partial charge in [-0.3, -0.25) is 0 Å². The number of rotatable bonds is 2. The molecule has 0 aliphatic heterocycles. The molecule has 3 N–H and O–H groups in total. The van der Waals surface area contributed by atoms with Gasteiger partial charge in [-0.05, 0) is 43.4 Å². The highest BCUT2D eigenvalue weighted by atomic mass is 79.9. The molecule has 0 spiro atoms. The summed E-state index contributed by atoms with van der Waals surface area (Å²) in [7, 11) is 0. The average molecular weight is 269 g/mol. The van der Waals surface area contributed by atoms with E-state index in [4.69, 9.17) is 5.73 Å². The first-order valence-electron chi connectivity index (χ1n) is 5.46. The smallest absolute Gasteiger partial charge is 0.0576 e. The highest BCUT2D eigenvalue weighted by Crippen LogP contribution is 2.30. The van der Waals surface area contributed by atoms with E-state index >= 15 is 0 Å². The zero-order valence-electron chi connectivity index (χ0n) is 8.96. The van der Waals surface area contributed by atoms with Crippen molar-refractivity contribution >= 4 is 27.3 Å². The second kappa shape index (κ2) is 4.44. The maximum absolute atomic E-state index is 5.94. The zero-order chi connectivity index (χ0) is 10.8. The molecule has 1 fully saturated rings. The number of hydrogen-bond acceptors (Lipinski definition) is 2. The number of nitrogens with one attached hydrogen (secondary N) is 1. The van der Waals surface area contributed by atoms with Crippen LogP contribution in [0.3, 0.4) is 0 Å². The van der Waals surface area contributed by atoms with E-state index in [-0.39, 0.29) is 0 Å². The van der Waals surface area contributed by atoms with E-state index in [9.17, 15) is 0 Å². The first-order valence-corrected chi connectivity index (χ1v) is 6.26. The normalized spacial score (nSPS) is 25.5. The minimum atomic E-state index is 0.600. The number of hydrogen-bond donors (Lipinski definition) is 2. The Balaban J connectivity index is 2.04. The van der Waals surface area contributed by atoms with Gasteiger partial charge in [-0.15, -0.1) is 0 Å². The van der Waals surface area contributed by atoms with E-state index in [1.165, 1.54) is 19.3 Å². The third-order valence-electron chi connectivity index (χ3n) is 3.07. The van der Waals surface area contributed by atoms with Crippen molar-refractivity contribution < 1.29 is 0 Å². The summed E-state index contributed by atoms with van der Waals surface area (Å²) in [6, 6.07) is 6.61. The van der Waals surface area contributed by atoms with E-state index in [1.807, 2.05) is 18.2 Å². The Hall–Kier alpha value is -0.700. The van der Waals surface area contributed by atoms with Crippen molar-refractivity contribution in [3.63, 3.8) is 0 Å². The van der Waals surface area contributed by atoms with E-state index in [1.54, 1.807) is 0 Å². The SMILES string of the molecule is CC1CCC(Nc2ccc(Br)cc2N)C1. The summed E-state index contributed by atoms with van der Waals surface area (Å²) >= 11 is 3.41. The molecule has 2 unspecified atom stereocenters. The van der Waals surface area contributed by atoms with Crippen LogP contribution < -0.4 is 11.1 Å². The van der Waals surface area contributed by atoms with Crippen LogP contribution in [0.1, 0.15) is 26.2 Å². The Labute approximate surface area is 99.4 Å². The Morgan fingerprint density at radius 3 is 2.80 bits per heavy atom. The molecule has 0 aromatic heterocycles. The molecule has 0 saturated heterocycles. The summed E-state index contributed by atoms with van der Waals surface area (Å²) in [5.41, 5.74) is 7.83. The van der Waals surface area contributed by atoms with Crippen LogP contribution in [0.15, 0.2) is 22.7 Å².